The molecule has 1 atom stereocenters. The number of piperidine rings is 1. The van der Waals surface area contributed by atoms with Gasteiger partial charge in [-0.2, -0.15) is 0 Å². The highest BCUT2D eigenvalue weighted by Crippen LogP contribution is 2.19. The van der Waals surface area contributed by atoms with E-state index in [4.69, 9.17) is 0 Å². The van der Waals surface area contributed by atoms with E-state index >= 15 is 0 Å². The van der Waals surface area contributed by atoms with Gasteiger partial charge in [0, 0.05) is 19.1 Å². The average Bonchev–Trinajstić information content (AvgIpc) is 2.14. The highest BCUT2D eigenvalue weighted by Gasteiger charge is 2.24. The van der Waals surface area contributed by atoms with E-state index in [1.54, 1.807) is 0 Å². The summed E-state index contributed by atoms with van der Waals surface area (Å²) >= 11 is 0. The highest BCUT2D eigenvalue weighted by molar-refractivity contribution is 5.63. The van der Waals surface area contributed by atoms with Crippen molar-refractivity contribution in [3.05, 3.63) is 0 Å². The van der Waals surface area contributed by atoms with Crippen LogP contribution in [0.2, 0.25) is 0 Å². The Morgan fingerprint density at radius 1 is 1.53 bits per heavy atom. The second kappa shape index (κ2) is 4.84. The van der Waals surface area contributed by atoms with Crippen LogP contribution in [0.1, 0.15) is 33.6 Å². The van der Waals surface area contributed by atoms with E-state index in [9.17, 15) is 9.90 Å². The van der Waals surface area contributed by atoms with Crippen molar-refractivity contribution in [1.29, 1.82) is 0 Å². The van der Waals surface area contributed by atoms with Crippen LogP contribution in [0, 0.1) is 5.41 Å². The fourth-order valence-electron chi connectivity index (χ4n) is 1.95. The number of amides is 1. The van der Waals surface area contributed by atoms with Gasteiger partial charge in [0.25, 0.3) is 0 Å². The standard InChI is InChI=1S/C11H22N2O2/c1-11(2,3)8-13(10(14)15)9-5-4-6-12-7-9/h9,12H,4-8H2,1-3H3,(H,14,15)/p-1. The van der Waals surface area contributed by atoms with Gasteiger partial charge in [-0.15, -0.1) is 0 Å². The van der Waals surface area contributed by atoms with Crippen molar-refractivity contribution >= 4 is 6.09 Å². The molecule has 1 aliphatic heterocycles. The highest BCUT2D eigenvalue weighted by atomic mass is 16.4. The molecular formula is C11H21N2O2-. The second-order valence-corrected chi connectivity index (χ2v) is 5.45. The largest absolute Gasteiger partial charge is 0.530 e. The van der Waals surface area contributed by atoms with E-state index in [1.165, 1.54) is 4.90 Å². The van der Waals surface area contributed by atoms with Crippen molar-refractivity contribution in [1.82, 2.24) is 10.2 Å². The van der Waals surface area contributed by atoms with Crippen molar-refractivity contribution in [2.24, 2.45) is 5.41 Å². The van der Waals surface area contributed by atoms with E-state index in [2.05, 4.69) is 5.32 Å². The van der Waals surface area contributed by atoms with Crippen LogP contribution in [0.4, 0.5) is 4.79 Å². The van der Waals surface area contributed by atoms with Crippen LogP contribution in [0.15, 0.2) is 0 Å². The van der Waals surface area contributed by atoms with E-state index in [1.807, 2.05) is 20.8 Å². The van der Waals surface area contributed by atoms with Gasteiger partial charge in [0.15, 0.2) is 0 Å². The van der Waals surface area contributed by atoms with Gasteiger partial charge in [-0.25, -0.2) is 0 Å². The molecule has 88 valence electrons. The lowest BCUT2D eigenvalue weighted by Gasteiger charge is -2.40. The number of nitrogens with one attached hydrogen (secondary N) is 1. The Morgan fingerprint density at radius 3 is 2.60 bits per heavy atom. The zero-order valence-electron chi connectivity index (χ0n) is 9.88. The Hall–Kier alpha value is -0.770. The smallest absolute Gasteiger partial charge is 0.137 e. The van der Waals surface area contributed by atoms with Crippen molar-refractivity contribution < 1.29 is 9.90 Å². The predicted octanol–water partition coefficient (Wildman–Crippen LogP) is 0.430. The Bertz CT molecular complexity index is 217. The summed E-state index contributed by atoms with van der Waals surface area (Å²) in [6.07, 6.45) is 0.939. The zero-order chi connectivity index (χ0) is 11.5. The van der Waals surface area contributed by atoms with Gasteiger partial charge in [0.1, 0.15) is 6.09 Å². The number of hydrogen-bond acceptors (Lipinski definition) is 3. The fourth-order valence-corrected chi connectivity index (χ4v) is 1.95. The Morgan fingerprint density at radius 2 is 2.20 bits per heavy atom. The monoisotopic (exact) mass is 213 g/mol. The average molecular weight is 213 g/mol. The number of nitrogens with zero attached hydrogens (tertiary/aromatic N) is 1. The van der Waals surface area contributed by atoms with Gasteiger partial charge in [-0.05, 0) is 24.8 Å². The molecule has 0 aromatic rings. The van der Waals surface area contributed by atoms with E-state index in [0.717, 1.165) is 25.9 Å². The summed E-state index contributed by atoms with van der Waals surface area (Å²) < 4.78 is 0. The number of hydrogen-bond donors (Lipinski definition) is 1. The normalized spacial score (nSPS) is 22.5. The summed E-state index contributed by atoms with van der Waals surface area (Å²) in [6.45, 7) is 8.41. The molecule has 1 rings (SSSR count). The lowest BCUT2D eigenvalue weighted by molar-refractivity contribution is -0.269. The zero-order valence-corrected chi connectivity index (χ0v) is 9.88. The number of rotatable bonds is 2. The Labute approximate surface area is 91.6 Å². The minimum Gasteiger partial charge on any atom is -0.530 e. The van der Waals surface area contributed by atoms with E-state index in [-0.39, 0.29) is 11.5 Å². The van der Waals surface area contributed by atoms with E-state index < -0.39 is 6.09 Å². The Kier molecular flexibility index (Phi) is 3.97. The maximum Gasteiger partial charge on any atom is 0.137 e. The molecule has 0 saturated carbocycles. The summed E-state index contributed by atoms with van der Waals surface area (Å²) in [5.74, 6) is 0. The molecule has 0 aliphatic carbocycles. The van der Waals surface area contributed by atoms with Crippen LogP contribution in [-0.2, 0) is 0 Å². The van der Waals surface area contributed by atoms with Crippen LogP contribution in [0.5, 0.6) is 0 Å². The molecule has 0 spiro atoms. The first-order valence-corrected chi connectivity index (χ1v) is 5.58. The van der Waals surface area contributed by atoms with Crippen LogP contribution < -0.4 is 10.4 Å². The summed E-state index contributed by atoms with van der Waals surface area (Å²) in [5, 5.41) is 14.3. The molecule has 1 N–H and O–H groups in total. The van der Waals surface area contributed by atoms with Gasteiger partial charge in [-0.3, -0.25) is 0 Å². The quantitative estimate of drug-likeness (QED) is 0.723. The fraction of sp³-hybridized carbons (Fsp3) is 0.909. The molecule has 1 heterocycles. The third-order valence-corrected chi connectivity index (χ3v) is 2.59. The van der Waals surface area contributed by atoms with Gasteiger partial charge in [0.05, 0.1) is 0 Å². The van der Waals surface area contributed by atoms with Crippen LogP contribution in [-0.4, -0.2) is 36.7 Å². The minimum atomic E-state index is -1.04. The molecule has 0 radical (unpaired) electrons. The topological polar surface area (TPSA) is 55.4 Å². The van der Waals surface area contributed by atoms with E-state index in [0.29, 0.717) is 6.54 Å². The SMILES string of the molecule is CC(C)(C)CN(C(=O)[O-])C1CCCNC1. The van der Waals surface area contributed by atoms with Gasteiger partial charge >= 0.3 is 0 Å². The molecule has 4 heteroatoms. The molecule has 0 bridgehead atoms. The summed E-state index contributed by atoms with van der Waals surface area (Å²) in [4.78, 5) is 12.5. The van der Waals surface area contributed by atoms with Crippen molar-refractivity contribution in [3.8, 4) is 0 Å². The molecule has 1 saturated heterocycles. The van der Waals surface area contributed by atoms with Crippen molar-refractivity contribution in [2.45, 2.75) is 39.7 Å². The molecule has 1 amide bonds. The minimum absolute atomic E-state index is 0.0164. The van der Waals surface area contributed by atoms with Crippen molar-refractivity contribution in [3.63, 3.8) is 0 Å². The second-order valence-electron chi connectivity index (χ2n) is 5.45. The Balaban J connectivity index is 2.60. The molecular weight excluding hydrogens is 192 g/mol. The molecule has 4 nitrogen and oxygen atoms in total. The summed E-state index contributed by atoms with van der Waals surface area (Å²) in [5.41, 5.74) is -0.0164. The van der Waals surface area contributed by atoms with Gasteiger partial charge < -0.3 is 20.1 Å². The molecule has 1 unspecified atom stereocenters. The third kappa shape index (κ3) is 4.08. The summed E-state index contributed by atoms with van der Waals surface area (Å²) in [6, 6.07) is 0.0861. The lowest BCUT2D eigenvalue weighted by atomic mass is 9.94. The molecule has 0 aromatic heterocycles. The number of carbonyl (C=O) groups excluding carboxylic acids is 1. The molecule has 0 aromatic carbocycles. The van der Waals surface area contributed by atoms with Crippen LogP contribution >= 0.6 is 0 Å². The maximum atomic E-state index is 11.1. The van der Waals surface area contributed by atoms with Crippen molar-refractivity contribution in [2.75, 3.05) is 19.6 Å². The first kappa shape index (κ1) is 12.3. The predicted molar refractivity (Wildman–Crippen MR) is 57.4 cm³/mol. The number of carbonyl (C=O) groups is 1. The van der Waals surface area contributed by atoms with Crippen LogP contribution in [0.25, 0.3) is 0 Å². The van der Waals surface area contributed by atoms with Crippen LogP contribution in [0.3, 0.4) is 0 Å². The first-order valence-electron chi connectivity index (χ1n) is 5.58. The first-order chi connectivity index (χ1) is 6.90. The number of carboxylic acid groups (broad SMARTS) is 1. The summed E-state index contributed by atoms with van der Waals surface area (Å²) in [7, 11) is 0. The lowest BCUT2D eigenvalue weighted by Crippen LogP contribution is -2.55. The third-order valence-electron chi connectivity index (χ3n) is 2.59. The molecule has 15 heavy (non-hydrogen) atoms. The van der Waals surface area contributed by atoms with Gasteiger partial charge in [0.2, 0.25) is 0 Å². The molecule has 1 aliphatic rings. The maximum absolute atomic E-state index is 11.1. The van der Waals surface area contributed by atoms with Gasteiger partial charge in [-0.1, -0.05) is 20.8 Å². The molecule has 1 fully saturated rings.